The van der Waals surface area contributed by atoms with Crippen molar-refractivity contribution in [2.24, 2.45) is 5.92 Å². The number of nitro groups is 1. The summed E-state index contributed by atoms with van der Waals surface area (Å²) in [5, 5.41) is 22.8. The summed E-state index contributed by atoms with van der Waals surface area (Å²) in [5.41, 5.74) is 0.830. The molecule has 0 spiro atoms. The molecule has 1 rings (SSSR count). The van der Waals surface area contributed by atoms with Crippen LogP contribution in [-0.4, -0.2) is 11.0 Å². The second-order valence-corrected chi connectivity index (χ2v) is 4.78. The van der Waals surface area contributed by atoms with Crippen molar-refractivity contribution in [2.75, 3.05) is 5.32 Å². The van der Waals surface area contributed by atoms with E-state index in [1.807, 2.05) is 13.0 Å². The summed E-state index contributed by atoms with van der Waals surface area (Å²) >= 11 is 0. The lowest BCUT2D eigenvalue weighted by Crippen LogP contribution is -2.18. The molecule has 0 aliphatic rings. The zero-order valence-electron chi connectivity index (χ0n) is 10.8. The van der Waals surface area contributed by atoms with Crippen LogP contribution in [-0.2, 0) is 0 Å². The molecule has 0 aromatic heterocycles. The van der Waals surface area contributed by atoms with E-state index >= 15 is 0 Å². The summed E-state index contributed by atoms with van der Waals surface area (Å²) in [4.78, 5) is 10.5. The molecular weight excluding hydrogens is 230 g/mol. The van der Waals surface area contributed by atoms with Gasteiger partial charge in [-0.25, -0.2) is 0 Å². The van der Waals surface area contributed by atoms with E-state index < -0.39 is 4.92 Å². The third kappa shape index (κ3) is 3.74. The molecule has 1 N–H and O–H groups in total. The van der Waals surface area contributed by atoms with Gasteiger partial charge in [0.25, 0.3) is 5.69 Å². The lowest BCUT2D eigenvalue weighted by molar-refractivity contribution is -0.384. The maximum absolute atomic E-state index is 10.9. The highest BCUT2D eigenvalue weighted by Gasteiger charge is 2.16. The zero-order chi connectivity index (χ0) is 13.7. The minimum atomic E-state index is -0.439. The number of nitro benzene ring substituents is 1. The van der Waals surface area contributed by atoms with Crippen molar-refractivity contribution < 1.29 is 4.92 Å². The molecule has 0 heterocycles. The Morgan fingerprint density at radius 3 is 2.61 bits per heavy atom. The van der Waals surface area contributed by atoms with Crippen molar-refractivity contribution in [2.45, 2.75) is 33.2 Å². The fourth-order valence-electron chi connectivity index (χ4n) is 1.91. The number of hydrogen-bond acceptors (Lipinski definition) is 4. The standard InChI is InChI=1S/C13H17N3O2/c1-9(2)6-10(3)15-12-7-11(8-14)4-5-13(12)16(17)18/h4-5,7,9-10,15H,6H2,1-3H3. The molecule has 0 bridgehead atoms. The van der Waals surface area contributed by atoms with Gasteiger partial charge in [0.15, 0.2) is 0 Å². The Bertz CT molecular complexity index is 478. The van der Waals surface area contributed by atoms with Crippen molar-refractivity contribution >= 4 is 11.4 Å². The molecule has 5 nitrogen and oxygen atoms in total. The molecular formula is C13H17N3O2. The topological polar surface area (TPSA) is 79.0 Å². The fraction of sp³-hybridized carbons (Fsp3) is 0.462. The molecule has 0 aliphatic carbocycles. The van der Waals surface area contributed by atoms with Gasteiger partial charge in [-0.15, -0.1) is 0 Å². The van der Waals surface area contributed by atoms with Gasteiger partial charge in [-0.3, -0.25) is 10.1 Å². The Labute approximate surface area is 107 Å². The Balaban J connectivity index is 2.98. The maximum atomic E-state index is 10.9. The molecule has 18 heavy (non-hydrogen) atoms. The summed E-state index contributed by atoms with van der Waals surface area (Å²) in [6.45, 7) is 6.17. The number of nitrogens with zero attached hydrogens (tertiary/aromatic N) is 2. The minimum absolute atomic E-state index is 0.00426. The number of nitrogens with one attached hydrogen (secondary N) is 1. The molecule has 1 aromatic rings. The molecule has 96 valence electrons. The van der Waals surface area contributed by atoms with E-state index in [-0.39, 0.29) is 11.7 Å². The minimum Gasteiger partial charge on any atom is -0.377 e. The smallest absolute Gasteiger partial charge is 0.292 e. The SMILES string of the molecule is CC(C)CC(C)Nc1cc(C#N)ccc1[N+](=O)[O-]. The summed E-state index contributed by atoms with van der Waals surface area (Å²) < 4.78 is 0. The third-order valence-electron chi connectivity index (χ3n) is 2.55. The normalized spacial score (nSPS) is 11.9. The van der Waals surface area contributed by atoms with Crippen LogP contribution >= 0.6 is 0 Å². The molecule has 0 amide bonds. The van der Waals surface area contributed by atoms with Gasteiger partial charge >= 0.3 is 0 Å². The van der Waals surface area contributed by atoms with E-state index in [0.29, 0.717) is 17.2 Å². The number of rotatable bonds is 5. The molecule has 5 heteroatoms. The zero-order valence-corrected chi connectivity index (χ0v) is 10.8. The Morgan fingerprint density at radius 2 is 2.11 bits per heavy atom. The van der Waals surface area contributed by atoms with Crippen molar-refractivity contribution in [1.82, 2.24) is 0 Å². The molecule has 0 saturated heterocycles. The van der Waals surface area contributed by atoms with Crippen LogP contribution in [0.15, 0.2) is 18.2 Å². The second-order valence-electron chi connectivity index (χ2n) is 4.78. The number of benzene rings is 1. The van der Waals surface area contributed by atoms with Gasteiger partial charge in [0.2, 0.25) is 0 Å². The Kier molecular flexibility index (Phi) is 4.67. The first-order valence-corrected chi connectivity index (χ1v) is 5.89. The van der Waals surface area contributed by atoms with Crippen LogP contribution in [0.5, 0.6) is 0 Å². The first-order chi connectivity index (χ1) is 8.43. The lowest BCUT2D eigenvalue weighted by Gasteiger charge is -2.17. The maximum Gasteiger partial charge on any atom is 0.292 e. The van der Waals surface area contributed by atoms with Crippen LogP contribution in [0.2, 0.25) is 0 Å². The summed E-state index contributed by atoms with van der Waals surface area (Å²) in [6, 6.07) is 6.45. The first kappa shape index (κ1) is 14.0. The van der Waals surface area contributed by atoms with Crippen LogP contribution in [0, 0.1) is 27.4 Å². The van der Waals surface area contributed by atoms with E-state index in [0.717, 1.165) is 6.42 Å². The van der Waals surface area contributed by atoms with E-state index in [1.165, 1.54) is 18.2 Å². The highest BCUT2D eigenvalue weighted by atomic mass is 16.6. The van der Waals surface area contributed by atoms with Gasteiger partial charge in [0.1, 0.15) is 5.69 Å². The molecule has 1 atom stereocenters. The highest BCUT2D eigenvalue weighted by Crippen LogP contribution is 2.26. The predicted molar refractivity (Wildman–Crippen MR) is 70.4 cm³/mol. The number of hydrogen-bond donors (Lipinski definition) is 1. The van der Waals surface area contributed by atoms with E-state index in [9.17, 15) is 10.1 Å². The average Bonchev–Trinajstić information content (AvgIpc) is 2.27. The van der Waals surface area contributed by atoms with E-state index in [1.54, 1.807) is 0 Å². The van der Waals surface area contributed by atoms with Crippen LogP contribution in [0.4, 0.5) is 11.4 Å². The molecule has 1 aromatic carbocycles. The van der Waals surface area contributed by atoms with Crippen molar-refractivity contribution in [3.8, 4) is 6.07 Å². The van der Waals surface area contributed by atoms with Crippen LogP contribution in [0.1, 0.15) is 32.8 Å². The highest BCUT2D eigenvalue weighted by molar-refractivity contribution is 5.64. The van der Waals surface area contributed by atoms with Crippen molar-refractivity contribution in [3.63, 3.8) is 0 Å². The largest absolute Gasteiger partial charge is 0.377 e. The Hall–Kier alpha value is -2.09. The van der Waals surface area contributed by atoms with Crippen molar-refractivity contribution in [3.05, 3.63) is 33.9 Å². The molecule has 0 fully saturated rings. The summed E-state index contributed by atoms with van der Waals surface area (Å²) in [7, 11) is 0. The molecule has 0 aliphatic heterocycles. The van der Waals surface area contributed by atoms with Gasteiger partial charge in [0, 0.05) is 12.1 Å². The predicted octanol–water partition coefficient (Wildman–Crippen LogP) is 3.31. The van der Waals surface area contributed by atoms with Gasteiger partial charge in [-0.1, -0.05) is 13.8 Å². The Morgan fingerprint density at radius 1 is 1.44 bits per heavy atom. The first-order valence-electron chi connectivity index (χ1n) is 5.89. The van der Waals surface area contributed by atoms with Crippen LogP contribution < -0.4 is 5.32 Å². The second kappa shape index (κ2) is 6.01. The number of anilines is 1. The molecule has 0 radical (unpaired) electrons. The van der Waals surface area contributed by atoms with E-state index in [4.69, 9.17) is 5.26 Å². The van der Waals surface area contributed by atoms with Gasteiger partial charge in [0.05, 0.1) is 16.6 Å². The van der Waals surface area contributed by atoms with Crippen LogP contribution in [0.3, 0.4) is 0 Å². The van der Waals surface area contributed by atoms with Gasteiger partial charge in [-0.2, -0.15) is 5.26 Å². The monoisotopic (exact) mass is 247 g/mol. The van der Waals surface area contributed by atoms with E-state index in [2.05, 4.69) is 19.2 Å². The average molecular weight is 247 g/mol. The summed E-state index contributed by atoms with van der Waals surface area (Å²) in [6.07, 6.45) is 0.911. The molecule has 0 saturated carbocycles. The van der Waals surface area contributed by atoms with Crippen molar-refractivity contribution in [1.29, 1.82) is 5.26 Å². The lowest BCUT2D eigenvalue weighted by atomic mass is 10.0. The van der Waals surface area contributed by atoms with Crippen LogP contribution in [0.25, 0.3) is 0 Å². The fourth-order valence-corrected chi connectivity index (χ4v) is 1.91. The number of nitriles is 1. The quantitative estimate of drug-likeness (QED) is 0.639. The summed E-state index contributed by atoms with van der Waals surface area (Å²) in [5.74, 6) is 0.505. The molecule has 1 unspecified atom stereocenters. The third-order valence-corrected chi connectivity index (χ3v) is 2.55. The van der Waals surface area contributed by atoms with Gasteiger partial charge < -0.3 is 5.32 Å². The van der Waals surface area contributed by atoms with Gasteiger partial charge in [-0.05, 0) is 31.4 Å².